The number of nitriles is 1. The molecule has 0 amide bonds. The number of benzene rings is 1. The Morgan fingerprint density at radius 1 is 1.65 bits per heavy atom. The summed E-state index contributed by atoms with van der Waals surface area (Å²) in [4.78, 5) is 10.6. The van der Waals surface area contributed by atoms with E-state index in [4.69, 9.17) is 10.4 Å². The number of carbonyl (C=O) groups is 1. The number of aliphatic carboxylic acids is 1. The second kappa shape index (κ2) is 4.80. The standard InChI is InChI=1S/C11H11FN2O3/c1-11(17,10(15)16)6-14-9-3-2-8(12)4-7(9)5-13/h2-4,14,17H,6H2,1H3,(H,15,16). The number of nitrogens with one attached hydrogen (secondary N) is 1. The molecule has 0 saturated heterocycles. The van der Waals surface area contributed by atoms with E-state index >= 15 is 0 Å². The summed E-state index contributed by atoms with van der Waals surface area (Å²) in [6.07, 6.45) is 0. The van der Waals surface area contributed by atoms with Gasteiger partial charge < -0.3 is 15.5 Å². The van der Waals surface area contributed by atoms with Crippen LogP contribution >= 0.6 is 0 Å². The summed E-state index contributed by atoms with van der Waals surface area (Å²) in [5, 5.41) is 29.5. The van der Waals surface area contributed by atoms with E-state index in [9.17, 15) is 14.3 Å². The Hall–Kier alpha value is -2.13. The maximum absolute atomic E-state index is 12.8. The van der Waals surface area contributed by atoms with E-state index in [1.165, 1.54) is 6.07 Å². The minimum atomic E-state index is -1.96. The molecule has 6 heteroatoms. The van der Waals surface area contributed by atoms with Crippen LogP contribution in [0.2, 0.25) is 0 Å². The topological polar surface area (TPSA) is 93.4 Å². The lowest BCUT2D eigenvalue weighted by molar-refractivity contribution is -0.155. The highest BCUT2D eigenvalue weighted by Crippen LogP contribution is 2.17. The van der Waals surface area contributed by atoms with Crippen molar-refractivity contribution >= 4 is 11.7 Å². The molecular weight excluding hydrogens is 227 g/mol. The van der Waals surface area contributed by atoms with E-state index in [0.29, 0.717) is 0 Å². The number of carboxylic acid groups (broad SMARTS) is 1. The fraction of sp³-hybridized carbons (Fsp3) is 0.273. The fourth-order valence-corrected chi connectivity index (χ4v) is 1.11. The molecule has 5 nitrogen and oxygen atoms in total. The first-order chi connectivity index (χ1) is 7.86. The minimum Gasteiger partial charge on any atom is -0.479 e. The Bertz CT molecular complexity index is 480. The van der Waals surface area contributed by atoms with Gasteiger partial charge in [-0.15, -0.1) is 0 Å². The van der Waals surface area contributed by atoms with Crippen LogP contribution in [-0.2, 0) is 4.79 Å². The molecule has 1 unspecified atom stereocenters. The van der Waals surface area contributed by atoms with Gasteiger partial charge in [0.15, 0.2) is 5.60 Å². The third-order valence-electron chi connectivity index (χ3n) is 2.19. The van der Waals surface area contributed by atoms with Gasteiger partial charge in [0.25, 0.3) is 0 Å². The van der Waals surface area contributed by atoms with Crippen molar-refractivity contribution in [1.82, 2.24) is 0 Å². The highest BCUT2D eigenvalue weighted by atomic mass is 19.1. The number of hydrogen-bond donors (Lipinski definition) is 3. The van der Waals surface area contributed by atoms with E-state index in [0.717, 1.165) is 19.1 Å². The van der Waals surface area contributed by atoms with Crippen LogP contribution in [0.25, 0.3) is 0 Å². The largest absolute Gasteiger partial charge is 0.479 e. The molecular formula is C11H11FN2O3. The van der Waals surface area contributed by atoms with E-state index in [1.807, 2.05) is 0 Å². The molecule has 0 aliphatic rings. The van der Waals surface area contributed by atoms with Gasteiger partial charge in [0.1, 0.15) is 11.9 Å². The number of nitrogens with zero attached hydrogens (tertiary/aromatic N) is 1. The van der Waals surface area contributed by atoms with Crippen LogP contribution in [0.3, 0.4) is 0 Å². The van der Waals surface area contributed by atoms with Crippen molar-refractivity contribution < 1.29 is 19.4 Å². The lowest BCUT2D eigenvalue weighted by atomic mass is 10.1. The van der Waals surface area contributed by atoms with Gasteiger partial charge in [-0.2, -0.15) is 5.26 Å². The molecule has 0 bridgehead atoms. The minimum absolute atomic E-state index is 0.0474. The Morgan fingerprint density at radius 3 is 2.82 bits per heavy atom. The monoisotopic (exact) mass is 238 g/mol. The zero-order chi connectivity index (χ0) is 13.1. The molecule has 1 atom stereocenters. The second-order valence-corrected chi connectivity index (χ2v) is 3.73. The fourth-order valence-electron chi connectivity index (χ4n) is 1.11. The lowest BCUT2D eigenvalue weighted by Gasteiger charge is -2.19. The van der Waals surface area contributed by atoms with Gasteiger partial charge in [-0.3, -0.25) is 0 Å². The Balaban J connectivity index is 2.84. The molecule has 3 N–H and O–H groups in total. The quantitative estimate of drug-likeness (QED) is 0.726. The first-order valence-electron chi connectivity index (χ1n) is 4.76. The molecule has 0 heterocycles. The van der Waals surface area contributed by atoms with Gasteiger partial charge in [-0.25, -0.2) is 9.18 Å². The molecule has 0 aromatic heterocycles. The molecule has 1 aromatic carbocycles. The zero-order valence-corrected chi connectivity index (χ0v) is 9.07. The molecule has 1 rings (SSSR count). The normalized spacial score (nSPS) is 13.5. The van der Waals surface area contributed by atoms with Crippen molar-refractivity contribution in [2.45, 2.75) is 12.5 Å². The van der Waals surface area contributed by atoms with Crippen LogP contribution < -0.4 is 5.32 Å². The molecule has 0 saturated carbocycles. The summed E-state index contributed by atoms with van der Waals surface area (Å²) >= 11 is 0. The lowest BCUT2D eigenvalue weighted by Crippen LogP contribution is -2.41. The second-order valence-electron chi connectivity index (χ2n) is 3.73. The van der Waals surface area contributed by atoms with E-state index in [2.05, 4.69) is 5.32 Å². The van der Waals surface area contributed by atoms with Crippen LogP contribution in [0, 0.1) is 17.1 Å². The number of rotatable bonds is 4. The smallest absolute Gasteiger partial charge is 0.337 e. The first-order valence-corrected chi connectivity index (χ1v) is 4.76. The SMILES string of the molecule is CC(O)(CNc1ccc(F)cc1C#N)C(=O)O. The number of aliphatic hydroxyl groups is 1. The maximum Gasteiger partial charge on any atom is 0.337 e. The van der Waals surface area contributed by atoms with Crippen molar-refractivity contribution in [3.05, 3.63) is 29.6 Å². The molecule has 0 fully saturated rings. The molecule has 90 valence electrons. The van der Waals surface area contributed by atoms with Gasteiger partial charge >= 0.3 is 5.97 Å². The van der Waals surface area contributed by atoms with E-state index < -0.39 is 17.4 Å². The van der Waals surface area contributed by atoms with Crippen molar-refractivity contribution in [3.8, 4) is 6.07 Å². The van der Waals surface area contributed by atoms with E-state index in [-0.39, 0.29) is 17.8 Å². The molecule has 17 heavy (non-hydrogen) atoms. The van der Waals surface area contributed by atoms with Crippen LogP contribution in [0.15, 0.2) is 18.2 Å². The summed E-state index contributed by atoms with van der Waals surface area (Å²) in [6.45, 7) is 0.834. The third-order valence-corrected chi connectivity index (χ3v) is 2.19. The predicted molar refractivity (Wildman–Crippen MR) is 57.9 cm³/mol. The summed E-state index contributed by atoms with van der Waals surface area (Å²) in [5.74, 6) is -1.94. The van der Waals surface area contributed by atoms with Crippen LogP contribution in [-0.4, -0.2) is 28.3 Å². The van der Waals surface area contributed by atoms with Crippen molar-refractivity contribution in [1.29, 1.82) is 5.26 Å². The average molecular weight is 238 g/mol. The Kier molecular flexibility index (Phi) is 3.66. The average Bonchev–Trinajstić information content (AvgIpc) is 2.27. The van der Waals surface area contributed by atoms with Crippen molar-refractivity contribution in [2.24, 2.45) is 0 Å². The number of anilines is 1. The van der Waals surface area contributed by atoms with Gasteiger partial charge in [-0.1, -0.05) is 0 Å². The Labute approximate surface area is 97.1 Å². The number of hydrogen-bond acceptors (Lipinski definition) is 4. The van der Waals surface area contributed by atoms with Gasteiger partial charge in [0.2, 0.25) is 0 Å². The molecule has 0 spiro atoms. The molecule has 1 aromatic rings. The van der Waals surface area contributed by atoms with Crippen molar-refractivity contribution in [3.63, 3.8) is 0 Å². The molecule has 0 radical (unpaired) electrons. The van der Waals surface area contributed by atoms with Gasteiger partial charge in [0.05, 0.1) is 17.8 Å². The van der Waals surface area contributed by atoms with Crippen LogP contribution in [0.4, 0.5) is 10.1 Å². The first kappa shape index (κ1) is 12.9. The summed E-state index contributed by atoms with van der Waals surface area (Å²) in [5.41, 5.74) is -1.64. The Morgan fingerprint density at radius 2 is 2.29 bits per heavy atom. The summed E-state index contributed by atoms with van der Waals surface area (Å²) < 4.78 is 12.8. The third kappa shape index (κ3) is 3.16. The molecule has 0 aliphatic heterocycles. The van der Waals surface area contributed by atoms with Gasteiger partial charge in [0, 0.05) is 0 Å². The van der Waals surface area contributed by atoms with Crippen LogP contribution in [0.5, 0.6) is 0 Å². The zero-order valence-electron chi connectivity index (χ0n) is 9.07. The van der Waals surface area contributed by atoms with Gasteiger partial charge in [-0.05, 0) is 25.1 Å². The highest BCUT2D eigenvalue weighted by Gasteiger charge is 2.29. The van der Waals surface area contributed by atoms with Crippen LogP contribution in [0.1, 0.15) is 12.5 Å². The van der Waals surface area contributed by atoms with E-state index in [1.54, 1.807) is 6.07 Å². The number of halogens is 1. The molecule has 0 aliphatic carbocycles. The predicted octanol–water partition coefficient (Wildman–Crippen LogP) is 0.945. The highest BCUT2D eigenvalue weighted by molar-refractivity contribution is 5.77. The van der Waals surface area contributed by atoms with Crippen molar-refractivity contribution in [2.75, 3.05) is 11.9 Å². The summed E-state index contributed by atoms with van der Waals surface area (Å²) in [7, 11) is 0. The summed E-state index contributed by atoms with van der Waals surface area (Å²) in [6, 6.07) is 5.24. The maximum atomic E-state index is 12.8. The number of carboxylic acids is 1.